The fraction of sp³-hybridized carbons (Fsp3) is 1.00. The number of hydrogen-bond acceptors (Lipinski definition) is 4. The first-order chi connectivity index (χ1) is 7.15. The van der Waals surface area contributed by atoms with Crippen LogP contribution in [-0.2, 0) is 4.74 Å². The molecule has 4 N–H and O–H groups in total. The topological polar surface area (TPSA) is 67.5 Å². The van der Waals surface area contributed by atoms with Crippen molar-refractivity contribution in [2.45, 2.75) is 50.8 Å². The molecule has 1 rings (SSSR count). The molecule has 0 aromatic carbocycles. The van der Waals surface area contributed by atoms with Gasteiger partial charge in [0.25, 0.3) is 0 Å². The second-order valence-electron chi connectivity index (χ2n) is 4.53. The molecule has 0 bridgehead atoms. The highest BCUT2D eigenvalue weighted by Crippen LogP contribution is 2.34. The van der Waals surface area contributed by atoms with Crippen molar-refractivity contribution >= 4 is 0 Å². The molecule has 1 fully saturated rings. The van der Waals surface area contributed by atoms with Crippen molar-refractivity contribution in [2.75, 3.05) is 19.8 Å². The third-order valence-corrected chi connectivity index (χ3v) is 3.14. The summed E-state index contributed by atoms with van der Waals surface area (Å²) in [6.07, 6.45) is 3.13. The molecule has 4 nitrogen and oxygen atoms in total. The van der Waals surface area contributed by atoms with Crippen molar-refractivity contribution in [1.82, 2.24) is 5.32 Å². The van der Waals surface area contributed by atoms with Crippen LogP contribution in [0.25, 0.3) is 0 Å². The Hall–Kier alpha value is -0.160. The smallest absolute Gasteiger partial charge is 0.0611 e. The first-order valence-corrected chi connectivity index (χ1v) is 5.86. The lowest BCUT2D eigenvalue weighted by Gasteiger charge is -2.48. The average molecular weight is 216 g/mol. The molecular weight excluding hydrogens is 192 g/mol. The minimum Gasteiger partial charge on any atom is -0.396 e. The minimum atomic E-state index is 0.0500. The van der Waals surface area contributed by atoms with Gasteiger partial charge in [0.1, 0.15) is 0 Å². The summed E-state index contributed by atoms with van der Waals surface area (Å²) in [7, 11) is 0. The number of rotatable bonds is 7. The number of hydrogen-bond donors (Lipinski definition) is 3. The SMILES string of the molecule is CCOC1CC(CN)(NC(C)CCO)C1. The second kappa shape index (κ2) is 5.80. The quantitative estimate of drug-likeness (QED) is 0.570. The molecular formula is C11H24N2O2. The van der Waals surface area contributed by atoms with Crippen LogP contribution in [0.3, 0.4) is 0 Å². The van der Waals surface area contributed by atoms with Crippen molar-refractivity contribution in [1.29, 1.82) is 0 Å². The molecule has 0 aliphatic heterocycles. The highest BCUT2D eigenvalue weighted by atomic mass is 16.5. The summed E-state index contributed by atoms with van der Waals surface area (Å²) in [4.78, 5) is 0. The van der Waals surface area contributed by atoms with E-state index in [4.69, 9.17) is 15.6 Å². The first-order valence-electron chi connectivity index (χ1n) is 5.86. The molecule has 1 atom stereocenters. The van der Waals surface area contributed by atoms with Crippen molar-refractivity contribution < 1.29 is 9.84 Å². The van der Waals surface area contributed by atoms with Gasteiger partial charge in [0.05, 0.1) is 6.10 Å². The van der Waals surface area contributed by atoms with E-state index in [0.717, 1.165) is 25.9 Å². The molecule has 1 unspecified atom stereocenters. The van der Waals surface area contributed by atoms with Gasteiger partial charge in [-0.2, -0.15) is 0 Å². The number of aliphatic hydroxyl groups excluding tert-OH is 1. The molecule has 1 aliphatic carbocycles. The lowest BCUT2D eigenvalue weighted by molar-refractivity contribution is -0.0512. The van der Waals surface area contributed by atoms with Crippen LogP contribution in [0.2, 0.25) is 0 Å². The van der Waals surface area contributed by atoms with E-state index in [1.165, 1.54) is 0 Å². The largest absolute Gasteiger partial charge is 0.396 e. The maximum Gasteiger partial charge on any atom is 0.0611 e. The van der Waals surface area contributed by atoms with Crippen LogP contribution in [0, 0.1) is 0 Å². The molecule has 0 radical (unpaired) electrons. The predicted molar refractivity (Wildman–Crippen MR) is 60.7 cm³/mol. The Morgan fingerprint density at radius 1 is 1.60 bits per heavy atom. The van der Waals surface area contributed by atoms with Crippen molar-refractivity contribution in [3.05, 3.63) is 0 Å². The van der Waals surface area contributed by atoms with Gasteiger partial charge in [0, 0.05) is 31.3 Å². The average Bonchev–Trinajstić information content (AvgIpc) is 2.14. The highest BCUT2D eigenvalue weighted by molar-refractivity contribution is 5.03. The molecule has 0 amide bonds. The van der Waals surface area contributed by atoms with Crippen LogP contribution in [0.5, 0.6) is 0 Å². The first kappa shape index (κ1) is 12.9. The van der Waals surface area contributed by atoms with Crippen LogP contribution in [-0.4, -0.2) is 42.5 Å². The molecule has 0 spiro atoms. The third-order valence-electron chi connectivity index (χ3n) is 3.14. The van der Waals surface area contributed by atoms with Crippen LogP contribution in [0.1, 0.15) is 33.1 Å². The maximum absolute atomic E-state index is 8.84. The van der Waals surface area contributed by atoms with Gasteiger partial charge in [-0.05, 0) is 33.1 Å². The second-order valence-corrected chi connectivity index (χ2v) is 4.53. The Balaban J connectivity index is 2.31. The number of nitrogens with one attached hydrogen (secondary N) is 1. The lowest BCUT2D eigenvalue weighted by Crippen LogP contribution is -2.64. The van der Waals surface area contributed by atoms with E-state index in [-0.39, 0.29) is 12.1 Å². The van der Waals surface area contributed by atoms with Crippen molar-refractivity contribution in [2.24, 2.45) is 5.73 Å². The molecule has 90 valence electrons. The van der Waals surface area contributed by atoms with Crippen LogP contribution < -0.4 is 11.1 Å². The zero-order chi connectivity index (χ0) is 11.3. The molecule has 0 aromatic rings. The third kappa shape index (κ3) is 3.41. The van der Waals surface area contributed by atoms with Crippen LogP contribution in [0.4, 0.5) is 0 Å². The van der Waals surface area contributed by atoms with Crippen molar-refractivity contribution in [3.63, 3.8) is 0 Å². The van der Waals surface area contributed by atoms with Gasteiger partial charge < -0.3 is 20.9 Å². The van der Waals surface area contributed by atoms with Gasteiger partial charge in [-0.3, -0.25) is 0 Å². The summed E-state index contributed by atoms with van der Waals surface area (Å²) in [5.74, 6) is 0. The molecule has 1 saturated carbocycles. The fourth-order valence-electron chi connectivity index (χ4n) is 2.30. The Morgan fingerprint density at radius 2 is 2.27 bits per heavy atom. The highest BCUT2D eigenvalue weighted by Gasteiger charge is 2.44. The summed E-state index contributed by atoms with van der Waals surface area (Å²) in [5, 5.41) is 12.3. The standard InChI is InChI=1S/C11H24N2O2/c1-3-15-10-6-11(7-10,8-12)13-9(2)4-5-14/h9-10,13-14H,3-8,12H2,1-2H3. The van der Waals surface area contributed by atoms with E-state index < -0.39 is 0 Å². The summed E-state index contributed by atoms with van der Waals surface area (Å²) in [5.41, 5.74) is 5.84. The summed E-state index contributed by atoms with van der Waals surface area (Å²) >= 11 is 0. The minimum absolute atomic E-state index is 0.0500. The normalized spacial score (nSPS) is 32.4. The van der Waals surface area contributed by atoms with E-state index in [9.17, 15) is 0 Å². The predicted octanol–water partition coefficient (Wildman–Crippen LogP) is 0.243. The zero-order valence-electron chi connectivity index (χ0n) is 9.83. The Bertz CT molecular complexity index is 181. The Kier molecular flexibility index (Phi) is 4.99. The van der Waals surface area contributed by atoms with E-state index in [0.29, 0.717) is 18.7 Å². The van der Waals surface area contributed by atoms with Crippen LogP contribution in [0.15, 0.2) is 0 Å². The summed E-state index contributed by atoms with van der Waals surface area (Å²) in [6.45, 7) is 5.75. The summed E-state index contributed by atoms with van der Waals surface area (Å²) in [6, 6.07) is 0.320. The lowest BCUT2D eigenvalue weighted by atomic mass is 9.73. The van der Waals surface area contributed by atoms with Gasteiger partial charge in [-0.1, -0.05) is 0 Å². The number of aliphatic hydroxyl groups is 1. The monoisotopic (exact) mass is 216 g/mol. The Morgan fingerprint density at radius 3 is 2.73 bits per heavy atom. The number of nitrogens with two attached hydrogens (primary N) is 1. The van der Waals surface area contributed by atoms with Gasteiger partial charge >= 0.3 is 0 Å². The number of ether oxygens (including phenoxy) is 1. The molecule has 0 heterocycles. The Labute approximate surface area is 92.2 Å². The van der Waals surface area contributed by atoms with E-state index in [1.54, 1.807) is 0 Å². The molecule has 4 heteroatoms. The van der Waals surface area contributed by atoms with E-state index in [2.05, 4.69) is 12.2 Å². The fourth-order valence-corrected chi connectivity index (χ4v) is 2.30. The van der Waals surface area contributed by atoms with Crippen LogP contribution >= 0.6 is 0 Å². The molecule has 1 aliphatic rings. The van der Waals surface area contributed by atoms with E-state index in [1.807, 2.05) is 6.92 Å². The van der Waals surface area contributed by atoms with Crippen molar-refractivity contribution in [3.8, 4) is 0 Å². The van der Waals surface area contributed by atoms with Gasteiger partial charge in [0.15, 0.2) is 0 Å². The van der Waals surface area contributed by atoms with E-state index >= 15 is 0 Å². The zero-order valence-corrected chi connectivity index (χ0v) is 9.83. The van der Waals surface area contributed by atoms with Gasteiger partial charge in [-0.15, -0.1) is 0 Å². The molecule has 0 aromatic heterocycles. The molecule has 0 saturated heterocycles. The maximum atomic E-state index is 8.84. The molecule has 15 heavy (non-hydrogen) atoms. The van der Waals surface area contributed by atoms with Gasteiger partial charge in [0.2, 0.25) is 0 Å². The summed E-state index contributed by atoms with van der Waals surface area (Å²) < 4.78 is 5.53. The van der Waals surface area contributed by atoms with Gasteiger partial charge in [-0.25, -0.2) is 0 Å².